The number of benzene rings is 1. The fourth-order valence-corrected chi connectivity index (χ4v) is 3.74. The molecular formula is C19H18N4O3S. The molecule has 8 heteroatoms. The Labute approximate surface area is 159 Å². The molecule has 0 saturated heterocycles. The molecule has 7 nitrogen and oxygen atoms in total. The van der Waals surface area contributed by atoms with E-state index in [9.17, 15) is 4.79 Å². The number of rotatable bonds is 5. The molecule has 0 saturated carbocycles. The normalized spacial score (nSPS) is 11.4. The Bertz CT molecular complexity index is 1140. The highest BCUT2D eigenvalue weighted by atomic mass is 32.1. The molecule has 0 aliphatic heterocycles. The Morgan fingerprint density at radius 2 is 2.04 bits per heavy atom. The zero-order valence-corrected chi connectivity index (χ0v) is 16.0. The van der Waals surface area contributed by atoms with Crippen LogP contribution in [0.2, 0.25) is 0 Å². The van der Waals surface area contributed by atoms with E-state index in [2.05, 4.69) is 15.1 Å². The Morgan fingerprint density at radius 1 is 1.26 bits per heavy atom. The molecule has 4 aromatic rings. The van der Waals surface area contributed by atoms with Gasteiger partial charge in [0.05, 0.1) is 25.5 Å². The first-order valence-corrected chi connectivity index (χ1v) is 9.32. The van der Waals surface area contributed by atoms with E-state index in [1.54, 1.807) is 7.11 Å². The molecule has 0 aliphatic carbocycles. The SMILES string of the molecule is COc1ccc(-c2cc3ncn(Cc4noc(C(C)C)n4)c(=O)c3s2)cc1. The van der Waals surface area contributed by atoms with Gasteiger partial charge in [-0.05, 0) is 35.9 Å². The first-order chi connectivity index (χ1) is 13.0. The van der Waals surface area contributed by atoms with Gasteiger partial charge in [0.1, 0.15) is 10.4 Å². The summed E-state index contributed by atoms with van der Waals surface area (Å²) in [6, 6.07) is 9.66. The van der Waals surface area contributed by atoms with E-state index in [1.807, 2.05) is 44.2 Å². The molecule has 1 aromatic carbocycles. The molecule has 0 amide bonds. The molecule has 0 aliphatic rings. The predicted octanol–water partition coefficient (Wildman–Crippen LogP) is 3.69. The Balaban J connectivity index is 1.67. The van der Waals surface area contributed by atoms with Crippen molar-refractivity contribution in [1.82, 2.24) is 19.7 Å². The summed E-state index contributed by atoms with van der Waals surface area (Å²) in [4.78, 5) is 22.6. The topological polar surface area (TPSA) is 83.0 Å². The van der Waals surface area contributed by atoms with E-state index in [4.69, 9.17) is 9.26 Å². The summed E-state index contributed by atoms with van der Waals surface area (Å²) < 4.78 is 12.5. The van der Waals surface area contributed by atoms with Crippen LogP contribution in [0.1, 0.15) is 31.5 Å². The van der Waals surface area contributed by atoms with Crippen LogP contribution < -0.4 is 10.3 Å². The number of ether oxygens (including phenoxy) is 1. The smallest absolute Gasteiger partial charge is 0.271 e. The summed E-state index contributed by atoms with van der Waals surface area (Å²) in [6.07, 6.45) is 1.53. The summed E-state index contributed by atoms with van der Waals surface area (Å²) >= 11 is 1.42. The zero-order valence-electron chi connectivity index (χ0n) is 15.2. The van der Waals surface area contributed by atoms with Crippen molar-refractivity contribution in [2.75, 3.05) is 7.11 Å². The molecular weight excluding hydrogens is 364 g/mol. The highest BCUT2D eigenvalue weighted by Gasteiger charge is 2.14. The third-order valence-electron chi connectivity index (χ3n) is 4.17. The van der Waals surface area contributed by atoms with Gasteiger partial charge in [-0.2, -0.15) is 4.98 Å². The van der Waals surface area contributed by atoms with Gasteiger partial charge in [0.15, 0.2) is 5.82 Å². The van der Waals surface area contributed by atoms with Gasteiger partial charge in [-0.15, -0.1) is 11.3 Å². The molecule has 0 radical (unpaired) electrons. The van der Waals surface area contributed by atoms with Crippen molar-refractivity contribution in [3.8, 4) is 16.2 Å². The van der Waals surface area contributed by atoms with E-state index in [-0.39, 0.29) is 18.0 Å². The van der Waals surface area contributed by atoms with Gasteiger partial charge in [-0.1, -0.05) is 19.0 Å². The van der Waals surface area contributed by atoms with E-state index in [0.29, 0.717) is 21.9 Å². The number of nitrogens with zero attached hydrogens (tertiary/aromatic N) is 4. The quantitative estimate of drug-likeness (QED) is 0.523. The van der Waals surface area contributed by atoms with Crippen LogP contribution in [0.25, 0.3) is 20.7 Å². The number of hydrogen-bond acceptors (Lipinski definition) is 7. The summed E-state index contributed by atoms with van der Waals surface area (Å²) in [7, 11) is 1.63. The van der Waals surface area contributed by atoms with Gasteiger partial charge < -0.3 is 9.26 Å². The third-order valence-corrected chi connectivity index (χ3v) is 5.33. The Kier molecular flexibility index (Phi) is 4.49. The minimum absolute atomic E-state index is 0.111. The summed E-state index contributed by atoms with van der Waals surface area (Å²) in [5.41, 5.74) is 1.59. The second-order valence-corrected chi connectivity index (χ2v) is 7.49. The molecule has 4 rings (SSSR count). The number of hydrogen-bond donors (Lipinski definition) is 0. The summed E-state index contributed by atoms with van der Waals surface area (Å²) in [5.74, 6) is 1.97. The van der Waals surface area contributed by atoms with Gasteiger partial charge >= 0.3 is 0 Å². The van der Waals surface area contributed by atoms with Gasteiger partial charge in [-0.25, -0.2) is 4.98 Å². The molecule has 3 aromatic heterocycles. The first-order valence-electron chi connectivity index (χ1n) is 8.51. The summed E-state index contributed by atoms with van der Waals surface area (Å²) in [5, 5.41) is 3.94. The molecule has 3 heterocycles. The zero-order chi connectivity index (χ0) is 19.0. The second-order valence-electron chi connectivity index (χ2n) is 6.43. The van der Waals surface area contributed by atoms with Gasteiger partial charge in [0.2, 0.25) is 5.89 Å². The predicted molar refractivity (Wildman–Crippen MR) is 103 cm³/mol. The van der Waals surface area contributed by atoms with Crippen LogP contribution in [0.5, 0.6) is 5.75 Å². The van der Waals surface area contributed by atoms with Crippen LogP contribution in [-0.2, 0) is 6.54 Å². The number of fused-ring (bicyclic) bond motifs is 1. The molecule has 0 unspecified atom stereocenters. The maximum Gasteiger partial charge on any atom is 0.271 e. The largest absolute Gasteiger partial charge is 0.497 e. The van der Waals surface area contributed by atoms with Crippen molar-refractivity contribution in [2.45, 2.75) is 26.3 Å². The first kappa shape index (κ1) is 17.4. The average Bonchev–Trinajstić information content (AvgIpc) is 3.32. The molecule has 0 N–H and O–H groups in total. The van der Waals surface area contributed by atoms with Gasteiger partial charge in [0, 0.05) is 10.8 Å². The fourth-order valence-electron chi connectivity index (χ4n) is 2.67. The van der Waals surface area contributed by atoms with Crippen LogP contribution >= 0.6 is 11.3 Å². The maximum atomic E-state index is 12.8. The van der Waals surface area contributed by atoms with E-state index in [0.717, 1.165) is 16.2 Å². The lowest BCUT2D eigenvalue weighted by atomic mass is 10.2. The number of aromatic nitrogens is 4. The molecule has 27 heavy (non-hydrogen) atoms. The van der Waals surface area contributed by atoms with Crippen molar-refractivity contribution in [3.63, 3.8) is 0 Å². The lowest BCUT2D eigenvalue weighted by Gasteiger charge is -2.00. The molecule has 138 valence electrons. The molecule has 0 spiro atoms. The molecule has 0 fully saturated rings. The van der Waals surface area contributed by atoms with E-state index >= 15 is 0 Å². The Morgan fingerprint density at radius 3 is 2.70 bits per heavy atom. The van der Waals surface area contributed by atoms with E-state index in [1.165, 1.54) is 22.2 Å². The minimum atomic E-state index is -0.111. The maximum absolute atomic E-state index is 12.8. The standard InChI is InChI=1S/C19H18N4O3S/c1-11(2)18-21-16(22-26-18)9-23-10-20-14-8-15(27-17(14)19(23)24)12-4-6-13(25-3)7-5-12/h4-8,10-11H,9H2,1-3H3. The van der Waals surface area contributed by atoms with Crippen molar-refractivity contribution >= 4 is 21.6 Å². The van der Waals surface area contributed by atoms with Gasteiger partial charge in [0.25, 0.3) is 5.56 Å². The van der Waals surface area contributed by atoms with Crippen LogP contribution in [0.3, 0.4) is 0 Å². The van der Waals surface area contributed by atoms with Crippen molar-refractivity contribution in [2.24, 2.45) is 0 Å². The van der Waals surface area contributed by atoms with Crippen LogP contribution in [0.15, 0.2) is 46.0 Å². The van der Waals surface area contributed by atoms with Crippen molar-refractivity contribution < 1.29 is 9.26 Å². The number of methoxy groups -OCH3 is 1. The summed E-state index contributed by atoms with van der Waals surface area (Å²) in [6.45, 7) is 4.18. The minimum Gasteiger partial charge on any atom is -0.497 e. The lowest BCUT2D eigenvalue weighted by molar-refractivity contribution is 0.359. The van der Waals surface area contributed by atoms with Crippen LogP contribution in [0, 0.1) is 0 Å². The molecule has 0 atom stereocenters. The number of thiophene rings is 1. The second kappa shape index (κ2) is 6.96. The van der Waals surface area contributed by atoms with Crippen molar-refractivity contribution in [3.05, 3.63) is 58.7 Å². The van der Waals surface area contributed by atoms with Crippen LogP contribution in [-0.4, -0.2) is 26.8 Å². The van der Waals surface area contributed by atoms with Crippen LogP contribution in [0.4, 0.5) is 0 Å². The molecule has 0 bridgehead atoms. The lowest BCUT2D eigenvalue weighted by Crippen LogP contribution is -2.20. The monoisotopic (exact) mass is 382 g/mol. The third kappa shape index (κ3) is 3.35. The van der Waals surface area contributed by atoms with Crippen molar-refractivity contribution in [1.29, 1.82) is 0 Å². The highest BCUT2D eigenvalue weighted by molar-refractivity contribution is 7.22. The highest BCUT2D eigenvalue weighted by Crippen LogP contribution is 2.31. The average molecular weight is 382 g/mol. The fraction of sp³-hybridized carbons (Fsp3) is 0.263. The van der Waals surface area contributed by atoms with Gasteiger partial charge in [-0.3, -0.25) is 9.36 Å². The van der Waals surface area contributed by atoms with E-state index < -0.39 is 0 Å². The Hall–Kier alpha value is -3.00.